The molecule has 9 atom stereocenters. The highest BCUT2D eigenvalue weighted by molar-refractivity contribution is 8.01. The summed E-state index contributed by atoms with van der Waals surface area (Å²) in [5.41, 5.74) is -0.0782. The minimum atomic E-state index is -0.446. The van der Waals surface area contributed by atoms with Crippen molar-refractivity contribution in [1.29, 1.82) is 0 Å². The lowest BCUT2D eigenvalue weighted by molar-refractivity contribution is -0.0792. The van der Waals surface area contributed by atoms with Gasteiger partial charge in [0.25, 0.3) is 0 Å². The van der Waals surface area contributed by atoms with E-state index in [1.165, 1.54) is 0 Å². The van der Waals surface area contributed by atoms with Crippen molar-refractivity contribution >= 4 is 35.3 Å². The Morgan fingerprint density at radius 1 is 0.655 bits per heavy atom. The van der Waals surface area contributed by atoms with Crippen LogP contribution in [0.5, 0.6) is 0 Å². The van der Waals surface area contributed by atoms with Gasteiger partial charge in [0.05, 0.1) is 44.2 Å². The van der Waals surface area contributed by atoms with Gasteiger partial charge in [-0.2, -0.15) is 0 Å². The first-order valence-electron chi connectivity index (χ1n) is 10.3. The summed E-state index contributed by atoms with van der Waals surface area (Å²) in [6.07, 6.45) is 5.29. The van der Waals surface area contributed by atoms with Crippen molar-refractivity contribution in [3.63, 3.8) is 0 Å². The molecule has 3 rings (SSSR count). The van der Waals surface area contributed by atoms with Gasteiger partial charge in [-0.05, 0) is 31.9 Å². The average Bonchev–Trinajstić information content (AvgIpc) is 2.72. The van der Waals surface area contributed by atoms with E-state index in [4.69, 9.17) is 14.2 Å². The third-order valence-corrected chi connectivity index (χ3v) is 9.14. The van der Waals surface area contributed by atoms with Crippen LogP contribution in [0.15, 0.2) is 0 Å². The molecule has 3 aliphatic heterocycles. The van der Waals surface area contributed by atoms with Gasteiger partial charge in [0.2, 0.25) is 0 Å². The topological polar surface area (TPSA) is 109 Å². The summed E-state index contributed by atoms with van der Waals surface area (Å²) in [5, 5.41) is 39.3. The van der Waals surface area contributed by atoms with E-state index in [9.17, 15) is 20.4 Å². The Balaban J connectivity index is 1.55. The van der Waals surface area contributed by atoms with E-state index >= 15 is 0 Å². The van der Waals surface area contributed by atoms with Gasteiger partial charge in [-0.3, -0.25) is 0 Å². The Kier molecular flexibility index (Phi) is 10.2. The SMILES string of the molecule is CSC1CC(SC2CC(SC3CC(O)CC(CO)O3)CC(CO)O2)CC(CO)O1. The normalized spacial score (nSPS) is 44.0. The van der Waals surface area contributed by atoms with Crippen molar-refractivity contribution in [2.24, 2.45) is 0 Å². The smallest absolute Gasteiger partial charge is 0.106 e. The summed E-state index contributed by atoms with van der Waals surface area (Å²) in [6, 6.07) is 0. The molecule has 0 aliphatic carbocycles. The monoisotopic (exact) mass is 470 g/mol. The second-order valence-corrected chi connectivity index (χ2v) is 11.9. The fourth-order valence-electron chi connectivity index (χ4n) is 4.14. The molecule has 10 heteroatoms. The Bertz CT molecular complexity index is 477. The summed E-state index contributed by atoms with van der Waals surface area (Å²) in [5.74, 6) is 0. The van der Waals surface area contributed by atoms with Crippen molar-refractivity contribution in [2.75, 3.05) is 26.1 Å². The molecule has 0 saturated carbocycles. The van der Waals surface area contributed by atoms with Crippen molar-refractivity contribution < 1.29 is 34.6 Å². The minimum Gasteiger partial charge on any atom is -0.394 e. The maximum absolute atomic E-state index is 10.1. The Morgan fingerprint density at radius 2 is 1.10 bits per heavy atom. The maximum atomic E-state index is 10.1. The predicted octanol–water partition coefficient (Wildman–Crippen LogP) is 1.41. The van der Waals surface area contributed by atoms with E-state index in [2.05, 4.69) is 0 Å². The third-order valence-electron chi connectivity index (χ3n) is 5.56. The van der Waals surface area contributed by atoms with Crippen molar-refractivity contribution in [1.82, 2.24) is 0 Å². The predicted molar refractivity (Wildman–Crippen MR) is 117 cm³/mol. The van der Waals surface area contributed by atoms with Crippen molar-refractivity contribution in [3.05, 3.63) is 0 Å². The molecule has 3 heterocycles. The van der Waals surface area contributed by atoms with E-state index < -0.39 is 6.10 Å². The summed E-state index contributed by atoms with van der Waals surface area (Å²) in [4.78, 5) is 0. The number of aliphatic hydroxyl groups excluding tert-OH is 4. The van der Waals surface area contributed by atoms with Gasteiger partial charge in [0.1, 0.15) is 16.3 Å². The number of ether oxygens (including phenoxy) is 3. The third kappa shape index (κ3) is 7.40. The Morgan fingerprint density at radius 3 is 1.62 bits per heavy atom. The highest BCUT2D eigenvalue weighted by atomic mass is 32.2. The van der Waals surface area contributed by atoms with E-state index in [0.717, 1.165) is 25.7 Å². The number of aliphatic hydroxyl groups is 4. The first-order valence-corrected chi connectivity index (χ1v) is 13.5. The van der Waals surface area contributed by atoms with Gasteiger partial charge in [-0.1, -0.05) is 0 Å². The van der Waals surface area contributed by atoms with Crippen LogP contribution in [0.25, 0.3) is 0 Å². The van der Waals surface area contributed by atoms with Crippen LogP contribution in [0.2, 0.25) is 0 Å². The Labute approximate surface area is 185 Å². The lowest BCUT2D eigenvalue weighted by Crippen LogP contribution is -2.41. The van der Waals surface area contributed by atoms with Crippen LogP contribution in [0, 0.1) is 0 Å². The van der Waals surface area contributed by atoms with Crippen LogP contribution in [0.1, 0.15) is 38.5 Å². The second-order valence-electron chi connectivity index (χ2n) is 7.93. The van der Waals surface area contributed by atoms with Gasteiger partial charge in [-0.15, -0.1) is 35.3 Å². The van der Waals surface area contributed by atoms with Gasteiger partial charge < -0.3 is 34.6 Å². The molecule has 29 heavy (non-hydrogen) atoms. The molecule has 0 aromatic rings. The van der Waals surface area contributed by atoms with E-state index in [1.807, 2.05) is 6.26 Å². The second kappa shape index (κ2) is 12.1. The largest absolute Gasteiger partial charge is 0.394 e. The minimum absolute atomic E-state index is 0.0119. The molecule has 3 aliphatic rings. The molecule has 0 bridgehead atoms. The van der Waals surface area contributed by atoms with Gasteiger partial charge in [0.15, 0.2) is 0 Å². The standard InChI is InChI=1S/C19H34O7S3/c1-27-17-6-15(4-13(9-21)24-17)29-19-7-16(5-14(10-22)26-19)28-18-3-11(23)2-12(8-20)25-18/h11-23H,2-10H2,1H3. The van der Waals surface area contributed by atoms with Crippen LogP contribution in [-0.2, 0) is 14.2 Å². The molecule has 0 spiro atoms. The van der Waals surface area contributed by atoms with Crippen molar-refractivity contribution in [2.45, 2.75) is 89.7 Å². The first kappa shape index (κ1) is 24.4. The lowest BCUT2D eigenvalue weighted by atomic mass is 10.1. The number of hydrogen-bond acceptors (Lipinski definition) is 10. The van der Waals surface area contributed by atoms with Crippen LogP contribution in [0.4, 0.5) is 0 Å². The van der Waals surface area contributed by atoms with E-state index in [-0.39, 0.29) is 59.7 Å². The summed E-state index contributed by atoms with van der Waals surface area (Å²) < 4.78 is 17.9. The maximum Gasteiger partial charge on any atom is 0.106 e. The highest BCUT2D eigenvalue weighted by Crippen LogP contribution is 2.42. The van der Waals surface area contributed by atoms with Gasteiger partial charge >= 0.3 is 0 Å². The number of hydrogen-bond donors (Lipinski definition) is 4. The molecular weight excluding hydrogens is 436 g/mol. The molecular formula is C19H34O7S3. The fraction of sp³-hybridized carbons (Fsp3) is 1.00. The highest BCUT2D eigenvalue weighted by Gasteiger charge is 2.37. The molecule has 0 aromatic heterocycles. The molecule has 0 radical (unpaired) electrons. The van der Waals surface area contributed by atoms with Crippen LogP contribution in [0.3, 0.4) is 0 Å². The summed E-state index contributed by atoms with van der Waals surface area (Å²) >= 11 is 5.15. The van der Waals surface area contributed by atoms with Gasteiger partial charge in [0, 0.05) is 23.3 Å². The Hall–Kier alpha value is 0.770. The summed E-state index contributed by atoms with van der Waals surface area (Å²) in [7, 11) is 0. The summed E-state index contributed by atoms with van der Waals surface area (Å²) in [6.45, 7) is -0.0568. The molecule has 7 nitrogen and oxygen atoms in total. The molecule has 170 valence electrons. The molecule has 3 fully saturated rings. The number of thioether (sulfide) groups is 3. The van der Waals surface area contributed by atoms with Crippen LogP contribution in [-0.4, -0.2) is 97.7 Å². The van der Waals surface area contributed by atoms with E-state index in [1.54, 1.807) is 35.3 Å². The molecule has 0 aromatic carbocycles. The molecule has 9 unspecified atom stereocenters. The van der Waals surface area contributed by atoms with Gasteiger partial charge in [-0.25, -0.2) is 0 Å². The quantitative estimate of drug-likeness (QED) is 0.416. The van der Waals surface area contributed by atoms with E-state index in [0.29, 0.717) is 18.1 Å². The zero-order chi connectivity index (χ0) is 20.8. The van der Waals surface area contributed by atoms with Crippen molar-refractivity contribution in [3.8, 4) is 0 Å². The molecule has 3 saturated heterocycles. The molecule has 4 N–H and O–H groups in total. The number of rotatable bonds is 8. The van der Waals surface area contributed by atoms with Crippen LogP contribution < -0.4 is 0 Å². The van der Waals surface area contributed by atoms with Crippen LogP contribution >= 0.6 is 35.3 Å². The fourth-order valence-corrected chi connectivity index (χ4v) is 8.28. The zero-order valence-corrected chi connectivity index (χ0v) is 19.2. The average molecular weight is 471 g/mol. The first-order chi connectivity index (χ1) is 14.0. The lowest BCUT2D eigenvalue weighted by Gasteiger charge is -2.40. The molecule has 0 amide bonds. The zero-order valence-electron chi connectivity index (χ0n) is 16.8.